The Kier molecular flexibility index (Phi) is 3.31. The van der Waals surface area contributed by atoms with Crippen molar-refractivity contribution in [2.24, 2.45) is 5.73 Å². The van der Waals surface area contributed by atoms with Crippen LogP contribution in [0, 0.1) is 12.3 Å². The maximum atomic E-state index is 7.48. The highest BCUT2D eigenvalue weighted by atomic mass is 16.5. The molecular weight excluding hydrogens is 264 g/mol. The van der Waals surface area contributed by atoms with Crippen LogP contribution in [0.1, 0.15) is 16.8 Å². The summed E-state index contributed by atoms with van der Waals surface area (Å²) in [5.74, 6) is 0.757. The molecule has 3 rings (SSSR count). The number of fused-ring (bicyclic) bond motifs is 1. The van der Waals surface area contributed by atoms with E-state index in [-0.39, 0.29) is 5.84 Å². The lowest BCUT2D eigenvalue weighted by molar-refractivity contribution is 0.300. The number of nitrogens with one attached hydrogen (secondary N) is 1. The number of hydrogen-bond donors (Lipinski definition) is 2. The lowest BCUT2D eigenvalue weighted by Crippen LogP contribution is -2.11. The Morgan fingerprint density at radius 1 is 1.33 bits per heavy atom. The largest absolute Gasteiger partial charge is 0.487 e. The average Bonchev–Trinajstić information content (AvgIpc) is 2.89. The number of aryl methyl sites for hydroxylation is 1. The first-order valence-electron chi connectivity index (χ1n) is 6.64. The number of amidine groups is 1. The molecule has 0 aliphatic rings. The predicted octanol–water partition coefficient (Wildman–Crippen LogP) is 2.51. The molecule has 0 aliphatic heterocycles. The second-order valence-electron chi connectivity index (χ2n) is 4.88. The maximum Gasteiger partial charge on any atom is 0.137 e. The molecule has 0 radical (unpaired) electrons. The number of benzene rings is 1. The third kappa shape index (κ3) is 2.72. The standard InChI is InChI=1S/C16H16N4O/c1-11-5-6-12(16(17)18)8-14(11)21-10-13-9-20-7-3-2-4-15(20)19-13/h2-9H,10H2,1H3,(H3,17,18). The van der Waals surface area contributed by atoms with Crippen molar-refractivity contribution in [3.63, 3.8) is 0 Å². The molecule has 0 atom stereocenters. The van der Waals surface area contributed by atoms with Gasteiger partial charge in [-0.25, -0.2) is 4.98 Å². The molecule has 3 N–H and O–H groups in total. The number of aromatic nitrogens is 2. The molecule has 0 unspecified atom stereocenters. The van der Waals surface area contributed by atoms with E-state index in [9.17, 15) is 0 Å². The van der Waals surface area contributed by atoms with Gasteiger partial charge in [-0.05, 0) is 30.7 Å². The van der Waals surface area contributed by atoms with Crippen LogP contribution >= 0.6 is 0 Å². The number of ether oxygens (including phenoxy) is 1. The van der Waals surface area contributed by atoms with Crippen LogP contribution in [0.15, 0.2) is 48.8 Å². The first-order valence-corrected chi connectivity index (χ1v) is 6.64. The van der Waals surface area contributed by atoms with E-state index in [4.69, 9.17) is 15.9 Å². The summed E-state index contributed by atoms with van der Waals surface area (Å²) in [7, 11) is 0. The van der Waals surface area contributed by atoms with Crippen molar-refractivity contribution >= 4 is 11.5 Å². The van der Waals surface area contributed by atoms with Gasteiger partial charge < -0.3 is 14.9 Å². The molecule has 0 fully saturated rings. The monoisotopic (exact) mass is 280 g/mol. The van der Waals surface area contributed by atoms with E-state index in [2.05, 4.69) is 4.98 Å². The van der Waals surface area contributed by atoms with E-state index in [1.165, 1.54) is 0 Å². The van der Waals surface area contributed by atoms with Gasteiger partial charge in [0.1, 0.15) is 23.8 Å². The summed E-state index contributed by atoms with van der Waals surface area (Å²) in [6.07, 6.45) is 3.90. The number of hydrogen-bond acceptors (Lipinski definition) is 3. The lowest BCUT2D eigenvalue weighted by atomic mass is 10.1. The Morgan fingerprint density at radius 2 is 2.19 bits per heavy atom. The molecule has 1 aromatic carbocycles. The SMILES string of the molecule is Cc1ccc(C(=N)N)cc1OCc1cn2ccccc2n1. The van der Waals surface area contributed by atoms with Crippen LogP contribution in [0.3, 0.4) is 0 Å². The van der Waals surface area contributed by atoms with Crippen molar-refractivity contribution in [3.8, 4) is 5.75 Å². The van der Waals surface area contributed by atoms with Gasteiger partial charge in [-0.2, -0.15) is 0 Å². The van der Waals surface area contributed by atoms with Crippen LogP contribution in [0.4, 0.5) is 0 Å². The Labute approximate surface area is 122 Å². The highest BCUT2D eigenvalue weighted by Crippen LogP contribution is 2.20. The molecule has 3 aromatic rings. The molecule has 0 saturated heterocycles. The molecule has 0 spiro atoms. The number of nitrogen functional groups attached to an aromatic ring is 1. The zero-order valence-corrected chi connectivity index (χ0v) is 11.7. The van der Waals surface area contributed by atoms with E-state index in [1.807, 2.05) is 54.0 Å². The molecular formula is C16H16N4O. The van der Waals surface area contributed by atoms with E-state index < -0.39 is 0 Å². The Hall–Kier alpha value is -2.82. The van der Waals surface area contributed by atoms with Gasteiger partial charge in [0.05, 0.1) is 5.69 Å². The second kappa shape index (κ2) is 5.28. The molecule has 5 heteroatoms. The summed E-state index contributed by atoms with van der Waals surface area (Å²) in [6.45, 7) is 2.34. The Bertz CT molecular complexity index is 774. The number of rotatable bonds is 4. The number of imidazole rings is 1. The zero-order chi connectivity index (χ0) is 14.8. The Balaban J connectivity index is 1.80. The second-order valence-corrected chi connectivity index (χ2v) is 4.88. The van der Waals surface area contributed by atoms with Crippen molar-refractivity contribution in [3.05, 3.63) is 65.6 Å². The molecule has 21 heavy (non-hydrogen) atoms. The van der Waals surface area contributed by atoms with Crippen molar-refractivity contribution in [1.29, 1.82) is 5.41 Å². The van der Waals surface area contributed by atoms with Crippen LogP contribution < -0.4 is 10.5 Å². The Morgan fingerprint density at radius 3 is 2.95 bits per heavy atom. The van der Waals surface area contributed by atoms with Crippen LogP contribution in [0.5, 0.6) is 5.75 Å². The van der Waals surface area contributed by atoms with Gasteiger partial charge in [-0.3, -0.25) is 5.41 Å². The van der Waals surface area contributed by atoms with E-state index in [0.717, 1.165) is 22.7 Å². The summed E-state index contributed by atoms with van der Waals surface area (Å²) in [5.41, 5.74) is 8.91. The first-order chi connectivity index (χ1) is 10.1. The van der Waals surface area contributed by atoms with Crippen LogP contribution in [-0.2, 0) is 6.61 Å². The number of nitrogens with zero attached hydrogens (tertiary/aromatic N) is 2. The molecule has 106 valence electrons. The lowest BCUT2D eigenvalue weighted by Gasteiger charge is -2.09. The molecule has 0 amide bonds. The molecule has 0 bridgehead atoms. The average molecular weight is 280 g/mol. The van der Waals surface area contributed by atoms with Crippen molar-refractivity contribution in [2.45, 2.75) is 13.5 Å². The molecule has 5 nitrogen and oxygen atoms in total. The topological polar surface area (TPSA) is 76.4 Å². The van der Waals surface area contributed by atoms with Gasteiger partial charge in [-0.1, -0.05) is 18.2 Å². The van der Waals surface area contributed by atoms with E-state index in [0.29, 0.717) is 12.2 Å². The summed E-state index contributed by atoms with van der Waals surface area (Å²) in [4.78, 5) is 4.49. The van der Waals surface area contributed by atoms with Crippen LogP contribution in [0.25, 0.3) is 5.65 Å². The van der Waals surface area contributed by atoms with Gasteiger partial charge in [0.15, 0.2) is 0 Å². The third-order valence-electron chi connectivity index (χ3n) is 3.29. The smallest absolute Gasteiger partial charge is 0.137 e. The summed E-state index contributed by atoms with van der Waals surface area (Å²) < 4.78 is 7.77. The number of pyridine rings is 1. The van der Waals surface area contributed by atoms with Crippen LogP contribution in [-0.4, -0.2) is 15.2 Å². The molecule has 2 heterocycles. The van der Waals surface area contributed by atoms with Gasteiger partial charge in [0.25, 0.3) is 0 Å². The maximum absolute atomic E-state index is 7.48. The van der Waals surface area contributed by atoms with Gasteiger partial charge in [-0.15, -0.1) is 0 Å². The van der Waals surface area contributed by atoms with Gasteiger partial charge in [0.2, 0.25) is 0 Å². The third-order valence-corrected chi connectivity index (χ3v) is 3.29. The van der Waals surface area contributed by atoms with E-state index in [1.54, 1.807) is 6.07 Å². The minimum absolute atomic E-state index is 0.0348. The zero-order valence-electron chi connectivity index (χ0n) is 11.7. The summed E-state index contributed by atoms with van der Waals surface area (Å²) in [5, 5.41) is 7.48. The fourth-order valence-corrected chi connectivity index (χ4v) is 2.13. The molecule has 2 aromatic heterocycles. The van der Waals surface area contributed by atoms with Crippen molar-refractivity contribution in [1.82, 2.24) is 9.38 Å². The normalized spacial score (nSPS) is 10.7. The highest BCUT2D eigenvalue weighted by molar-refractivity contribution is 5.95. The molecule has 0 saturated carbocycles. The minimum Gasteiger partial charge on any atom is -0.487 e. The predicted molar refractivity (Wildman–Crippen MR) is 81.7 cm³/mol. The molecule has 0 aliphatic carbocycles. The van der Waals surface area contributed by atoms with Gasteiger partial charge >= 0.3 is 0 Å². The van der Waals surface area contributed by atoms with Crippen molar-refractivity contribution in [2.75, 3.05) is 0 Å². The minimum atomic E-state index is 0.0348. The fourth-order valence-electron chi connectivity index (χ4n) is 2.13. The van der Waals surface area contributed by atoms with Crippen molar-refractivity contribution < 1.29 is 4.74 Å². The summed E-state index contributed by atoms with van der Waals surface area (Å²) >= 11 is 0. The first kappa shape index (κ1) is 13.2. The van der Waals surface area contributed by atoms with Crippen LogP contribution in [0.2, 0.25) is 0 Å². The van der Waals surface area contributed by atoms with Gasteiger partial charge in [0, 0.05) is 18.0 Å². The highest BCUT2D eigenvalue weighted by Gasteiger charge is 2.06. The van der Waals surface area contributed by atoms with E-state index >= 15 is 0 Å². The number of nitrogens with two attached hydrogens (primary N) is 1. The quantitative estimate of drug-likeness (QED) is 0.569. The summed E-state index contributed by atoms with van der Waals surface area (Å²) in [6, 6.07) is 11.4. The fraction of sp³-hybridized carbons (Fsp3) is 0.125.